The summed E-state index contributed by atoms with van der Waals surface area (Å²) < 4.78 is 5.13. The van der Waals surface area contributed by atoms with Crippen LogP contribution in [0.5, 0.6) is 0 Å². The number of nitrogens with one attached hydrogen (secondary N) is 1. The summed E-state index contributed by atoms with van der Waals surface area (Å²) in [6.45, 7) is 8.80. The summed E-state index contributed by atoms with van der Waals surface area (Å²) in [7, 11) is 1.78. The van der Waals surface area contributed by atoms with Gasteiger partial charge in [0.05, 0.1) is 0 Å². The molecule has 0 saturated carbocycles. The molecule has 3 heteroatoms. The zero-order chi connectivity index (χ0) is 15.1. The lowest BCUT2D eigenvalue weighted by atomic mass is 9.94. The van der Waals surface area contributed by atoms with Crippen molar-refractivity contribution in [2.75, 3.05) is 33.4 Å². The summed E-state index contributed by atoms with van der Waals surface area (Å²) in [6.07, 6.45) is 3.67. The van der Waals surface area contributed by atoms with Crippen molar-refractivity contribution in [3.8, 4) is 0 Å². The summed E-state index contributed by atoms with van der Waals surface area (Å²) in [5, 5.41) is 3.69. The van der Waals surface area contributed by atoms with Gasteiger partial charge in [0.25, 0.3) is 0 Å². The summed E-state index contributed by atoms with van der Waals surface area (Å²) in [6, 6.07) is 11.4. The Labute approximate surface area is 129 Å². The lowest BCUT2D eigenvalue weighted by Crippen LogP contribution is -2.58. The van der Waals surface area contributed by atoms with Crippen LogP contribution in [0.15, 0.2) is 30.3 Å². The van der Waals surface area contributed by atoms with Crippen molar-refractivity contribution in [3.63, 3.8) is 0 Å². The number of hydrogen-bond acceptors (Lipinski definition) is 3. The molecule has 0 bridgehead atoms. The van der Waals surface area contributed by atoms with Gasteiger partial charge in [-0.1, -0.05) is 30.3 Å². The van der Waals surface area contributed by atoms with Gasteiger partial charge in [0, 0.05) is 38.4 Å². The molecule has 3 nitrogen and oxygen atoms in total. The molecule has 21 heavy (non-hydrogen) atoms. The topological polar surface area (TPSA) is 24.5 Å². The summed E-state index contributed by atoms with van der Waals surface area (Å²) >= 11 is 0. The molecule has 0 spiro atoms. The number of methoxy groups -OCH3 is 1. The van der Waals surface area contributed by atoms with Crippen molar-refractivity contribution < 1.29 is 4.74 Å². The molecule has 1 N–H and O–H groups in total. The number of piperazine rings is 1. The number of nitrogens with zero attached hydrogens (tertiary/aromatic N) is 1. The van der Waals surface area contributed by atoms with Gasteiger partial charge in [-0.05, 0) is 45.2 Å². The molecule has 1 fully saturated rings. The second-order valence-corrected chi connectivity index (χ2v) is 6.72. The molecule has 118 valence electrons. The zero-order valence-corrected chi connectivity index (χ0v) is 13.8. The van der Waals surface area contributed by atoms with Gasteiger partial charge in [0.15, 0.2) is 0 Å². The Balaban J connectivity index is 1.94. The normalized spacial score (nSPS) is 22.3. The van der Waals surface area contributed by atoms with E-state index >= 15 is 0 Å². The molecule has 1 aliphatic rings. The predicted octanol–water partition coefficient (Wildman–Crippen LogP) is 3.23. The van der Waals surface area contributed by atoms with E-state index in [2.05, 4.69) is 54.4 Å². The molecule has 1 aromatic carbocycles. The Morgan fingerprint density at radius 1 is 1.19 bits per heavy atom. The fourth-order valence-corrected chi connectivity index (χ4v) is 3.15. The van der Waals surface area contributed by atoms with Crippen LogP contribution in [0.4, 0.5) is 0 Å². The molecule has 0 amide bonds. The molecular formula is C18H30N2O. The highest BCUT2D eigenvalue weighted by Gasteiger charge is 2.32. The third-order valence-corrected chi connectivity index (χ3v) is 4.29. The van der Waals surface area contributed by atoms with E-state index in [1.807, 2.05) is 0 Å². The first-order valence-electron chi connectivity index (χ1n) is 8.15. The third-order valence-electron chi connectivity index (χ3n) is 4.29. The maximum Gasteiger partial charge on any atom is 0.0473 e. The average molecular weight is 290 g/mol. The molecule has 0 aromatic heterocycles. The Morgan fingerprint density at radius 3 is 2.67 bits per heavy atom. The molecular weight excluding hydrogens is 260 g/mol. The van der Waals surface area contributed by atoms with E-state index in [1.54, 1.807) is 7.11 Å². The molecule has 1 aromatic rings. The SMILES string of the molecule is COCCCCCN1CC(C)(C)NCC1c1ccccc1. The first-order chi connectivity index (χ1) is 10.1. The summed E-state index contributed by atoms with van der Waals surface area (Å²) in [5.74, 6) is 0. The minimum atomic E-state index is 0.206. The van der Waals surface area contributed by atoms with Crippen LogP contribution in [0.25, 0.3) is 0 Å². The van der Waals surface area contributed by atoms with Crippen molar-refractivity contribution in [3.05, 3.63) is 35.9 Å². The Kier molecular flexibility index (Phi) is 6.22. The van der Waals surface area contributed by atoms with Crippen LogP contribution in [0.3, 0.4) is 0 Å². The van der Waals surface area contributed by atoms with Crippen LogP contribution >= 0.6 is 0 Å². The maximum absolute atomic E-state index is 5.13. The van der Waals surface area contributed by atoms with Gasteiger partial charge < -0.3 is 10.1 Å². The number of benzene rings is 1. The first-order valence-corrected chi connectivity index (χ1v) is 8.15. The van der Waals surface area contributed by atoms with E-state index in [0.29, 0.717) is 6.04 Å². The number of unbranched alkanes of at least 4 members (excludes halogenated alkanes) is 2. The minimum absolute atomic E-state index is 0.206. The van der Waals surface area contributed by atoms with Crippen LogP contribution in [0.2, 0.25) is 0 Å². The van der Waals surface area contributed by atoms with Gasteiger partial charge in [0.1, 0.15) is 0 Å². The average Bonchev–Trinajstić information content (AvgIpc) is 2.47. The quantitative estimate of drug-likeness (QED) is 0.780. The third kappa shape index (κ3) is 5.10. The second-order valence-electron chi connectivity index (χ2n) is 6.72. The largest absolute Gasteiger partial charge is 0.385 e. The van der Waals surface area contributed by atoms with E-state index in [1.165, 1.54) is 31.4 Å². The van der Waals surface area contributed by atoms with Gasteiger partial charge >= 0.3 is 0 Å². The van der Waals surface area contributed by atoms with Crippen molar-refractivity contribution in [2.45, 2.75) is 44.7 Å². The smallest absolute Gasteiger partial charge is 0.0473 e. The monoisotopic (exact) mass is 290 g/mol. The van der Waals surface area contributed by atoms with Crippen LogP contribution in [-0.2, 0) is 4.74 Å². The van der Waals surface area contributed by atoms with E-state index in [-0.39, 0.29) is 5.54 Å². The molecule has 1 heterocycles. The van der Waals surface area contributed by atoms with Gasteiger partial charge in [-0.2, -0.15) is 0 Å². The van der Waals surface area contributed by atoms with Crippen molar-refractivity contribution in [2.24, 2.45) is 0 Å². The molecule has 1 atom stereocenters. The number of rotatable bonds is 7. The van der Waals surface area contributed by atoms with Crippen LogP contribution in [0.1, 0.15) is 44.7 Å². The van der Waals surface area contributed by atoms with Gasteiger partial charge in [-0.3, -0.25) is 4.90 Å². The van der Waals surface area contributed by atoms with Gasteiger partial charge in [-0.25, -0.2) is 0 Å². The van der Waals surface area contributed by atoms with Crippen molar-refractivity contribution in [1.82, 2.24) is 10.2 Å². The van der Waals surface area contributed by atoms with E-state index in [9.17, 15) is 0 Å². The lowest BCUT2D eigenvalue weighted by Gasteiger charge is -2.45. The predicted molar refractivity (Wildman–Crippen MR) is 88.6 cm³/mol. The van der Waals surface area contributed by atoms with Crippen LogP contribution in [-0.4, -0.2) is 43.8 Å². The molecule has 0 aliphatic carbocycles. The number of hydrogen-bond donors (Lipinski definition) is 1. The first kappa shape index (κ1) is 16.5. The standard InChI is InChI=1S/C18H30N2O/c1-18(2)15-20(12-8-5-9-13-21-3)17(14-19-18)16-10-6-4-7-11-16/h4,6-7,10-11,17,19H,5,8-9,12-15H2,1-3H3. The lowest BCUT2D eigenvalue weighted by molar-refractivity contribution is 0.0921. The highest BCUT2D eigenvalue weighted by molar-refractivity contribution is 5.20. The fraction of sp³-hybridized carbons (Fsp3) is 0.667. The fourth-order valence-electron chi connectivity index (χ4n) is 3.15. The summed E-state index contributed by atoms with van der Waals surface area (Å²) in [4.78, 5) is 2.65. The molecule has 1 unspecified atom stereocenters. The van der Waals surface area contributed by atoms with Crippen LogP contribution < -0.4 is 5.32 Å². The van der Waals surface area contributed by atoms with Gasteiger partial charge in [-0.15, -0.1) is 0 Å². The Bertz CT molecular complexity index is 405. The van der Waals surface area contributed by atoms with E-state index < -0.39 is 0 Å². The van der Waals surface area contributed by atoms with E-state index in [4.69, 9.17) is 4.74 Å². The maximum atomic E-state index is 5.13. The second kappa shape index (κ2) is 7.92. The van der Waals surface area contributed by atoms with E-state index in [0.717, 1.165) is 19.7 Å². The van der Waals surface area contributed by atoms with Crippen molar-refractivity contribution >= 4 is 0 Å². The molecule has 2 rings (SSSR count). The molecule has 1 saturated heterocycles. The van der Waals surface area contributed by atoms with Crippen molar-refractivity contribution in [1.29, 1.82) is 0 Å². The minimum Gasteiger partial charge on any atom is -0.385 e. The molecule has 1 aliphatic heterocycles. The van der Waals surface area contributed by atoms with Crippen LogP contribution in [0, 0.1) is 0 Å². The zero-order valence-electron chi connectivity index (χ0n) is 13.8. The Hall–Kier alpha value is -0.900. The molecule has 0 radical (unpaired) electrons. The summed E-state index contributed by atoms with van der Waals surface area (Å²) in [5.41, 5.74) is 1.63. The Morgan fingerprint density at radius 2 is 1.95 bits per heavy atom. The van der Waals surface area contributed by atoms with Gasteiger partial charge in [0.2, 0.25) is 0 Å². The highest BCUT2D eigenvalue weighted by atomic mass is 16.5. The highest BCUT2D eigenvalue weighted by Crippen LogP contribution is 2.27. The number of ether oxygens (including phenoxy) is 1.